The molecule has 0 fully saturated rings. The van der Waals surface area contributed by atoms with Gasteiger partial charge >= 0.3 is 11.7 Å². The van der Waals surface area contributed by atoms with Gasteiger partial charge in [-0.3, -0.25) is 9.36 Å². The Hall–Kier alpha value is -3.15. The maximum atomic E-state index is 12.2. The van der Waals surface area contributed by atoms with E-state index >= 15 is 0 Å². The van der Waals surface area contributed by atoms with E-state index in [1.807, 2.05) is 13.0 Å². The molecular formula is C20H19NO5. The number of Topliss-reactive ketones (excluding diaryl/α,β-unsaturated/α-hetero) is 1. The predicted octanol–water partition coefficient (Wildman–Crippen LogP) is 3.41. The normalized spacial score (nSPS) is 10.8. The van der Waals surface area contributed by atoms with Gasteiger partial charge in [-0.25, -0.2) is 9.59 Å². The third kappa shape index (κ3) is 3.59. The number of esters is 1. The van der Waals surface area contributed by atoms with Crippen LogP contribution in [0, 0.1) is 0 Å². The second-order valence-electron chi connectivity index (χ2n) is 6.03. The first-order valence-electron chi connectivity index (χ1n) is 8.40. The van der Waals surface area contributed by atoms with Crippen molar-refractivity contribution in [3.63, 3.8) is 0 Å². The Kier molecular flexibility index (Phi) is 5.02. The Morgan fingerprint density at radius 1 is 1.12 bits per heavy atom. The van der Waals surface area contributed by atoms with Crippen molar-refractivity contribution in [3.05, 3.63) is 69.7 Å². The summed E-state index contributed by atoms with van der Waals surface area (Å²) in [5.74, 6) is -0.996. The van der Waals surface area contributed by atoms with Crippen molar-refractivity contribution in [2.45, 2.75) is 26.8 Å². The van der Waals surface area contributed by atoms with Crippen molar-refractivity contribution in [3.8, 4) is 0 Å². The minimum atomic E-state index is -0.514. The number of carbonyl (C=O) groups excluding carboxylic acids is 2. The molecule has 3 rings (SSSR count). The second kappa shape index (κ2) is 7.39. The number of ether oxygens (including phenoxy) is 1. The molecule has 0 N–H and O–H groups in total. The SMILES string of the molecule is CCCOC(=O)c1cccc(Cn2c(=O)oc3cc(C(C)=O)ccc32)c1. The van der Waals surface area contributed by atoms with E-state index in [0.29, 0.717) is 28.8 Å². The van der Waals surface area contributed by atoms with E-state index in [1.165, 1.54) is 11.5 Å². The van der Waals surface area contributed by atoms with Crippen LogP contribution in [0.1, 0.15) is 46.5 Å². The first-order valence-corrected chi connectivity index (χ1v) is 8.40. The summed E-state index contributed by atoms with van der Waals surface area (Å²) >= 11 is 0. The molecule has 134 valence electrons. The highest BCUT2D eigenvalue weighted by Gasteiger charge is 2.13. The number of carbonyl (C=O) groups is 2. The fraction of sp³-hybridized carbons (Fsp3) is 0.250. The third-order valence-electron chi connectivity index (χ3n) is 4.02. The zero-order valence-electron chi connectivity index (χ0n) is 14.7. The second-order valence-corrected chi connectivity index (χ2v) is 6.03. The summed E-state index contributed by atoms with van der Waals surface area (Å²) in [6.45, 7) is 4.00. The minimum absolute atomic E-state index is 0.0967. The summed E-state index contributed by atoms with van der Waals surface area (Å²) in [7, 11) is 0. The third-order valence-corrected chi connectivity index (χ3v) is 4.02. The quantitative estimate of drug-likeness (QED) is 0.501. The first kappa shape index (κ1) is 17.7. The van der Waals surface area contributed by atoms with E-state index in [9.17, 15) is 14.4 Å². The summed E-state index contributed by atoms with van der Waals surface area (Å²) in [4.78, 5) is 35.7. The van der Waals surface area contributed by atoms with E-state index in [2.05, 4.69) is 0 Å². The highest BCUT2D eigenvalue weighted by Crippen LogP contribution is 2.17. The van der Waals surface area contributed by atoms with Crippen LogP contribution < -0.4 is 5.76 Å². The van der Waals surface area contributed by atoms with E-state index in [0.717, 1.165) is 12.0 Å². The molecule has 0 amide bonds. The summed E-state index contributed by atoms with van der Waals surface area (Å²) < 4.78 is 11.9. The molecule has 3 aromatic rings. The number of benzene rings is 2. The largest absolute Gasteiger partial charge is 0.462 e. The zero-order chi connectivity index (χ0) is 18.7. The lowest BCUT2D eigenvalue weighted by molar-refractivity contribution is 0.0505. The van der Waals surface area contributed by atoms with Gasteiger partial charge in [0.15, 0.2) is 11.4 Å². The average molecular weight is 353 g/mol. The van der Waals surface area contributed by atoms with E-state index in [1.54, 1.807) is 36.4 Å². The molecular weight excluding hydrogens is 334 g/mol. The Bertz CT molecular complexity index is 1030. The molecule has 0 unspecified atom stereocenters. The molecule has 26 heavy (non-hydrogen) atoms. The molecule has 1 heterocycles. The highest BCUT2D eigenvalue weighted by molar-refractivity contribution is 5.96. The Balaban J connectivity index is 1.92. The number of hydrogen-bond donors (Lipinski definition) is 0. The van der Waals surface area contributed by atoms with Crippen LogP contribution in [0.25, 0.3) is 11.1 Å². The Morgan fingerprint density at radius 2 is 1.92 bits per heavy atom. The van der Waals surface area contributed by atoms with Gasteiger partial charge in [0.2, 0.25) is 0 Å². The van der Waals surface area contributed by atoms with E-state index < -0.39 is 5.76 Å². The smallest absolute Gasteiger partial charge is 0.420 e. The van der Waals surface area contributed by atoms with Crippen molar-refractivity contribution in [2.75, 3.05) is 6.61 Å². The van der Waals surface area contributed by atoms with Crippen LogP contribution in [0.2, 0.25) is 0 Å². The summed E-state index contributed by atoms with van der Waals surface area (Å²) in [5, 5.41) is 0. The molecule has 0 spiro atoms. The molecule has 0 bridgehead atoms. The summed E-state index contributed by atoms with van der Waals surface area (Å²) in [6.07, 6.45) is 0.754. The van der Waals surface area contributed by atoms with Gasteiger partial charge in [-0.15, -0.1) is 0 Å². The lowest BCUT2D eigenvalue weighted by atomic mass is 10.1. The molecule has 0 radical (unpaired) electrons. The molecule has 0 aliphatic rings. The van der Waals surface area contributed by atoms with Gasteiger partial charge in [-0.05, 0) is 49.2 Å². The highest BCUT2D eigenvalue weighted by atomic mass is 16.5. The number of aromatic nitrogens is 1. The van der Waals surface area contributed by atoms with Crippen LogP contribution in [-0.2, 0) is 11.3 Å². The van der Waals surface area contributed by atoms with Gasteiger partial charge in [0, 0.05) is 5.56 Å². The van der Waals surface area contributed by atoms with Gasteiger partial charge in [0.25, 0.3) is 0 Å². The summed E-state index contributed by atoms with van der Waals surface area (Å²) in [5.41, 5.74) is 2.66. The van der Waals surface area contributed by atoms with Gasteiger partial charge < -0.3 is 9.15 Å². The van der Waals surface area contributed by atoms with Crippen LogP contribution in [0.3, 0.4) is 0 Å². The van der Waals surface area contributed by atoms with Crippen molar-refractivity contribution in [2.24, 2.45) is 0 Å². The van der Waals surface area contributed by atoms with Gasteiger partial charge in [0.1, 0.15) is 0 Å². The van der Waals surface area contributed by atoms with Crippen molar-refractivity contribution in [1.82, 2.24) is 4.57 Å². The standard InChI is InChI=1S/C20H19NO5/c1-3-9-25-19(23)16-6-4-5-14(10-16)12-21-17-8-7-15(13(2)22)11-18(17)26-20(21)24/h4-8,10-11H,3,9,12H2,1-2H3. The van der Waals surface area contributed by atoms with Crippen molar-refractivity contribution in [1.29, 1.82) is 0 Å². The fourth-order valence-corrected chi connectivity index (χ4v) is 2.69. The lowest BCUT2D eigenvalue weighted by Gasteiger charge is -2.06. The Labute approximate surface area is 150 Å². The van der Waals surface area contributed by atoms with Gasteiger partial charge in [0.05, 0.1) is 24.2 Å². The van der Waals surface area contributed by atoms with E-state index in [-0.39, 0.29) is 18.3 Å². The van der Waals surface area contributed by atoms with Gasteiger partial charge in [-0.2, -0.15) is 0 Å². The molecule has 6 nitrogen and oxygen atoms in total. The van der Waals surface area contributed by atoms with Crippen LogP contribution in [0.4, 0.5) is 0 Å². The topological polar surface area (TPSA) is 78.5 Å². The molecule has 0 saturated carbocycles. The number of fused-ring (bicyclic) bond motifs is 1. The Morgan fingerprint density at radius 3 is 2.65 bits per heavy atom. The zero-order valence-corrected chi connectivity index (χ0v) is 14.7. The molecule has 1 aromatic heterocycles. The molecule has 2 aromatic carbocycles. The number of hydrogen-bond acceptors (Lipinski definition) is 5. The molecule has 0 atom stereocenters. The number of oxazole rings is 1. The fourth-order valence-electron chi connectivity index (χ4n) is 2.69. The molecule has 0 aliphatic carbocycles. The lowest BCUT2D eigenvalue weighted by Crippen LogP contribution is -2.15. The maximum Gasteiger partial charge on any atom is 0.420 e. The number of ketones is 1. The van der Waals surface area contributed by atoms with Crippen LogP contribution in [-0.4, -0.2) is 22.9 Å². The maximum absolute atomic E-state index is 12.2. The minimum Gasteiger partial charge on any atom is -0.462 e. The average Bonchev–Trinajstić information content (AvgIpc) is 2.94. The van der Waals surface area contributed by atoms with E-state index in [4.69, 9.17) is 9.15 Å². The number of nitrogens with zero attached hydrogens (tertiary/aromatic N) is 1. The summed E-state index contributed by atoms with van der Waals surface area (Å²) in [6, 6.07) is 11.9. The van der Waals surface area contributed by atoms with Gasteiger partial charge in [-0.1, -0.05) is 19.1 Å². The predicted molar refractivity (Wildman–Crippen MR) is 96.6 cm³/mol. The monoisotopic (exact) mass is 353 g/mol. The van der Waals surface area contributed by atoms with Crippen molar-refractivity contribution < 1.29 is 18.7 Å². The first-order chi connectivity index (χ1) is 12.5. The van der Waals surface area contributed by atoms with Crippen LogP contribution in [0.15, 0.2) is 51.7 Å². The van der Waals surface area contributed by atoms with Crippen molar-refractivity contribution >= 4 is 22.9 Å². The van der Waals surface area contributed by atoms with Crippen LogP contribution in [0.5, 0.6) is 0 Å². The molecule has 0 saturated heterocycles. The molecule has 6 heteroatoms. The molecule has 0 aliphatic heterocycles. The van der Waals surface area contributed by atoms with Crippen LogP contribution >= 0.6 is 0 Å². The number of rotatable bonds is 6.